The van der Waals surface area contributed by atoms with E-state index >= 15 is 0 Å². The van der Waals surface area contributed by atoms with Crippen molar-refractivity contribution < 1.29 is 17.9 Å². The van der Waals surface area contributed by atoms with Crippen LogP contribution in [0.1, 0.15) is 40.0 Å². The van der Waals surface area contributed by atoms with E-state index in [4.69, 9.17) is 4.74 Å². The van der Waals surface area contributed by atoms with Gasteiger partial charge in [-0.3, -0.25) is 0 Å². The molecule has 0 radical (unpaired) electrons. The first-order valence-corrected chi connectivity index (χ1v) is 12.8. The summed E-state index contributed by atoms with van der Waals surface area (Å²) in [5.74, 6) is -0.162. The molecule has 0 aromatic heterocycles. The first-order chi connectivity index (χ1) is 13.4. The molecule has 3 atom stereocenters. The number of carbonyl (C=O) groups is 1. The van der Waals surface area contributed by atoms with Gasteiger partial charge in [-0.2, -0.15) is 0 Å². The number of nitrogens with zero attached hydrogens (tertiary/aromatic N) is 1. The largest absolute Gasteiger partial charge is 0.444 e. The summed E-state index contributed by atoms with van der Waals surface area (Å²) in [5.41, 5.74) is -0.592. The van der Waals surface area contributed by atoms with E-state index in [1.807, 2.05) is 53.3 Å². The molecule has 0 spiro atoms. The molecule has 3 unspecified atom stereocenters. The Balaban J connectivity index is 2.18. The summed E-state index contributed by atoms with van der Waals surface area (Å²) in [6.45, 7) is 5.45. The molecule has 0 aliphatic heterocycles. The maximum absolute atomic E-state index is 13.1. The predicted molar refractivity (Wildman–Crippen MR) is 118 cm³/mol. The molecule has 1 aromatic carbocycles. The van der Waals surface area contributed by atoms with Gasteiger partial charge in [-0.25, -0.2) is 13.2 Å². The summed E-state index contributed by atoms with van der Waals surface area (Å²) in [5, 5.41) is 2.93. The minimum absolute atomic E-state index is 0.0103. The zero-order chi connectivity index (χ0) is 21.8. The molecule has 1 amide bonds. The van der Waals surface area contributed by atoms with Crippen molar-refractivity contribution in [2.75, 3.05) is 26.1 Å². The SMILES string of the molecule is CSc1ccc(S(=O)(=O)CC2CC(N(C)C)CCC2NC(=O)OC(C)(C)C)cc1. The Hall–Kier alpha value is -1.25. The third-order valence-electron chi connectivity index (χ3n) is 5.24. The summed E-state index contributed by atoms with van der Waals surface area (Å²) < 4.78 is 31.5. The first-order valence-electron chi connectivity index (χ1n) is 9.94. The average molecular weight is 443 g/mol. The van der Waals surface area contributed by atoms with Crippen LogP contribution in [0.3, 0.4) is 0 Å². The smallest absolute Gasteiger partial charge is 0.407 e. The van der Waals surface area contributed by atoms with Crippen LogP contribution >= 0.6 is 11.8 Å². The second kappa shape index (κ2) is 9.71. The highest BCUT2D eigenvalue weighted by atomic mass is 32.2. The molecule has 6 nitrogen and oxygen atoms in total. The average Bonchev–Trinajstić information content (AvgIpc) is 2.61. The van der Waals surface area contributed by atoms with Crippen molar-refractivity contribution in [3.8, 4) is 0 Å². The molecule has 1 fully saturated rings. The fraction of sp³-hybridized carbons (Fsp3) is 0.667. The molecule has 0 bridgehead atoms. The molecule has 1 aromatic rings. The Morgan fingerprint density at radius 1 is 1.21 bits per heavy atom. The number of thioether (sulfide) groups is 1. The molecule has 1 saturated carbocycles. The Kier molecular flexibility index (Phi) is 8.04. The van der Waals surface area contributed by atoms with Gasteiger partial charge in [-0.15, -0.1) is 11.8 Å². The predicted octanol–water partition coefficient (Wildman–Crippen LogP) is 3.81. The van der Waals surface area contributed by atoms with Crippen LogP contribution in [0.25, 0.3) is 0 Å². The summed E-state index contributed by atoms with van der Waals surface area (Å²) in [6, 6.07) is 7.08. The second-order valence-corrected chi connectivity index (χ2v) is 11.8. The maximum Gasteiger partial charge on any atom is 0.407 e. The topological polar surface area (TPSA) is 75.7 Å². The summed E-state index contributed by atoms with van der Waals surface area (Å²) in [6.07, 6.45) is 3.83. The Morgan fingerprint density at radius 3 is 2.34 bits per heavy atom. The number of benzene rings is 1. The number of amides is 1. The number of alkyl carbamates (subject to hydrolysis) is 1. The van der Waals surface area contributed by atoms with Crippen molar-refractivity contribution in [2.24, 2.45) is 5.92 Å². The number of sulfone groups is 1. The monoisotopic (exact) mass is 442 g/mol. The van der Waals surface area contributed by atoms with E-state index in [-0.39, 0.29) is 17.7 Å². The van der Waals surface area contributed by atoms with Gasteiger partial charge in [0.1, 0.15) is 5.60 Å². The number of hydrogen-bond donors (Lipinski definition) is 1. The summed E-state index contributed by atoms with van der Waals surface area (Å²) in [7, 11) is 0.568. The van der Waals surface area contributed by atoms with Crippen LogP contribution in [0.4, 0.5) is 4.79 Å². The van der Waals surface area contributed by atoms with Crippen molar-refractivity contribution in [3.05, 3.63) is 24.3 Å². The first kappa shape index (κ1) is 24.0. The van der Waals surface area contributed by atoms with Gasteiger partial charge < -0.3 is 15.0 Å². The van der Waals surface area contributed by atoms with Crippen LogP contribution in [0, 0.1) is 5.92 Å². The van der Waals surface area contributed by atoms with Gasteiger partial charge in [0.15, 0.2) is 9.84 Å². The lowest BCUT2D eigenvalue weighted by Crippen LogP contribution is -2.50. The van der Waals surface area contributed by atoms with Crippen molar-refractivity contribution in [1.29, 1.82) is 0 Å². The molecule has 29 heavy (non-hydrogen) atoms. The van der Waals surface area contributed by atoms with E-state index in [0.717, 1.165) is 24.2 Å². The van der Waals surface area contributed by atoms with Crippen molar-refractivity contribution >= 4 is 27.7 Å². The minimum Gasteiger partial charge on any atom is -0.444 e. The standard InChI is InChI=1S/C21H34N2O4S2/c1-21(2,3)27-20(24)22-19-12-7-16(23(4)5)13-15(19)14-29(25,26)18-10-8-17(28-6)9-11-18/h8-11,15-16,19H,7,12-14H2,1-6H3,(H,22,24). The third-order valence-corrected chi connectivity index (χ3v) is 7.84. The van der Waals surface area contributed by atoms with Crippen molar-refractivity contribution in [1.82, 2.24) is 10.2 Å². The maximum atomic E-state index is 13.1. The summed E-state index contributed by atoms with van der Waals surface area (Å²) in [4.78, 5) is 15.8. The molecule has 1 aliphatic carbocycles. The van der Waals surface area contributed by atoms with E-state index in [0.29, 0.717) is 10.9 Å². The third kappa shape index (κ3) is 7.19. The zero-order valence-electron chi connectivity index (χ0n) is 18.3. The Morgan fingerprint density at radius 2 is 1.83 bits per heavy atom. The van der Waals surface area contributed by atoms with Gasteiger partial charge in [-0.05, 0) is 90.6 Å². The van der Waals surface area contributed by atoms with Gasteiger partial charge >= 0.3 is 6.09 Å². The quantitative estimate of drug-likeness (QED) is 0.675. The van der Waals surface area contributed by atoms with E-state index in [2.05, 4.69) is 10.2 Å². The van der Waals surface area contributed by atoms with Crippen LogP contribution in [-0.4, -0.2) is 63.2 Å². The number of ether oxygens (including phenoxy) is 1. The molecule has 0 heterocycles. The fourth-order valence-electron chi connectivity index (χ4n) is 3.70. The van der Waals surface area contributed by atoms with Crippen molar-refractivity contribution in [2.45, 2.75) is 67.5 Å². The van der Waals surface area contributed by atoms with Gasteiger partial charge in [0.2, 0.25) is 0 Å². The molecule has 2 rings (SSSR count). The fourth-order valence-corrected chi connectivity index (χ4v) is 5.79. The highest BCUT2D eigenvalue weighted by Crippen LogP contribution is 2.31. The molecular weight excluding hydrogens is 408 g/mol. The number of rotatable bonds is 6. The second-order valence-electron chi connectivity index (χ2n) is 8.90. The van der Waals surface area contributed by atoms with Gasteiger partial charge in [0.25, 0.3) is 0 Å². The van der Waals surface area contributed by atoms with E-state index < -0.39 is 21.5 Å². The molecular formula is C21H34N2O4S2. The molecule has 1 N–H and O–H groups in total. The van der Waals surface area contributed by atoms with Gasteiger partial charge in [0.05, 0.1) is 10.6 Å². The molecule has 1 aliphatic rings. The number of nitrogens with one attached hydrogen (secondary N) is 1. The van der Waals surface area contributed by atoms with Crippen molar-refractivity contribution in [3.63, 3.8) is 0 Å². The van der Waals surface area contributed by atoms with Gasteiger partial charge in [0, 0.05) is 17.0 Å². The van der Waals surface area contributed by atoms with Gasteiger partial charge in [-0.1, -0.05) is 0 Å². The van der Waals surface area contributed by atoms with E-state index in [1.54, 1.807) is 23.9 Å². The Labute approximate surface area is 179 Å². The van der Waals surface area contributed by atoms with Crippen LogP contribution in [0.5, 0.6) is 0 Å². The Bertz CT molecular complexity index is 786. The number of hydrogen-bond acceptors (Lipinski definition) is 6. The van der Waals surface area contributed by atoms with Crippen LogP contribution in [-0.2, 0) is 14.6 Å². The lowest BCUT2D eigenvalue weighted by molar-refractivity contribution is 0.0454. The highest BCUT2D eigenvalue weighted by Gasteiger charge is 2.36. The zero-order valence-corrected chi connectivity index (χ0v) is 19.9. The molecule has 8 heteroatoms. The van der Waals surface area contributed by atoms with Crippen LogP contribution in [0.15, 0.2) is 34.1 Å². The lowest BCUT2D eigenvalue weighted by atomic mass is 9.82. The lowest BCUT2D eigenvalue weighted by Gasteiger charge is -2.39. The normalized spacial score (nSPS) is 23.1. The minimum atomic E-state index is -3.46. The highest BCUT2D eigenvalue weighted by molar-refractivity contribution is 7.98. The molecule has 0 saturated heterocycles. The summed E-state index contributed by atoms with van der Waals surface area (Å²) >= 11 is 1.58. The molecule has 164 valence electrons. The van der Waals surface area contributed by atoms with Crippen LogP contribution < -0.4 is 5.32 Å². The number of carbonyl (C=O) groups excluding carboxylic acids is 1. The van der Waals surface area contributed by atoms with E-state index in [1.165, 1.54) is 0 Å². The van der Waals surface area contributed by atoms with Crippen LogP contribution in [0.2, 0.25) is 0 Å². The van der Waals surface area contributed by atoms with E-state index in [9.17, 15) is 13.2 Å².